The summed E-state index contributed by atoms with van der Waals surface area (Å²) in [6.45, 7) is 2.19. The molecule has 0 N–H and O–H groups in total. The average Bonchev–Trinajstić information content (AvgIpc) is 2.85. The molecule has 0 saturated carbocycles. The number of alkyl halides is 3. The molecule has 37 heavy (non-hydrogen) atoms. The van der Waals surface area contributed by atoms with Gasteiger partial charge in [0.1, 0.15) is 23.0 Å². The molecule has 4 aromatic carbocycles. The van der Waals surface area contributed by atoms with Gasteiger partial charge in [0.25, 0.3) is 0 Å². The normalized spacial score (nSPS) is 11.9. The van der Waals surface area contributed by atoms with Gasteiger partial charge in [0.05, 0.1) is 0 Å². The van der Waals surface area contributed by atoms with Gasteiger partial charge in [-0.15, -0.1) is 0 Å². The zero-order chi connectivity index (χ0) is 26.6. The lowest BCUT2D eigenvalue weighted by atomic mass is 9.96. The van der Waals surface area contributed by atoms with Crippen molar-refractivity contribution >= 4 is 10.8 Å². The minimum Gasteiger partial charge on any atom is -0.206 e. The summed E-state index contributed by atoms with van der Waals surface area (Å²) in [6, 6.07) is 18.6. The molecule has 0 fully saturated rings. The molecule has 0 nitrogen and oxygen atoms in total. The number of unbranched alkanes of at least 4 members (excludes halogenated alkanes) is 3. The van der Waals surface area contributed by atoms with Crippen LogP contribution in [0, 0.1) is 17.5 Å². The van der Waals surface area contributed by atoms with E-state index in [1.807, 2.05) is 12.1 Å². The van der Waals surface area contributed by atoms with Gasteiger partial charge in [0, 0.05) is 5.39 Å². The van der Waals surface area contributed by atoms with E-state index in [9.17, 15) is 22.0 Å². The van der Waals surface area contributed by atoms with Gasteiger partial charge >= 0.3 is 6.18 Å². The summed E-state index contributed by atoms with van der Waals surface area (Å²) >= 11 is 0. The van der Waals surface area contributed by atoms with Crippen molar-refractivity contribution < 1.29 is 26.3 Å². The Balaban J connectivity index is 1.48. The fourth-order valence-corrected chi connectivity index (χ4v) is 4.65. The molecule has 0 aromatic heterocycles. The summed E-state index contributed by atoms with van der Waals surface area (Å²) in [7, 11) is 0. The first-order valence-electron chi connectivity index (χ1n) is 12.5. The number of halogens is 6. The smallest absolute Gasteiger partial charge is 0.206 e. The molecule has 0 aliphatic carbocycles. The number of rotatable bonds is 9. The van der Waals surface area contributed by atoms with Gasteiger partial charge < -0.3 is 0 Å². The van der Waals surface area contributed by atoms with E-state index in [-0.39, 0.29) is 18.4 Å². The molecular formula is C31H28F6. The van der Waals surface area contributed by atoms with E-state index in [4.69, 9.17) is 0 Å². The van der Waals surface area contributed by atoms with Crippen molar-refractivity contribution in [1.29, 1.82) is 0 Å². The quantitative estimate of drug-likeness (QED) is 0.154. The van der Waals surface area contributed by atoms with Crippen LogP contribution in [0.2, 0.25) is 0 Å². The minimum absolute atomic E-state index is 0.00270. The average molecular weight is 515 g/mol. The molecule has 0 saturated heterocycles. The molecular weight excluding hydrogens is 486 g/mol. The standard InChI is InChI=1S/C31H28F6/c1-2-3-4-5-6-20-7-10-22(11-8-20)24-15-16-26-25(19-24)14-13-23(30(26)34)12-9-21-17-27(32)29(28(33)18-21)31(35,36)37/h7-8,10-11,13-19H,2-6,9,12H2,1H3. The molecule has 194 valence electrons. The van der Waals surface area contributed by atoms with Gasteiger partial charge in [-0.05, 0) is 77.1 Å². The molecule has 4 rings (SSSR count). The molecule has 4 aromatic rings. The van der Waals surface area contributed by atoms with Crippen molar-refractivity contribution in [1.82, 2.24) is 0 Å². The zero-order valence-electron chi connectivity index (χ0n) is 20.6. The Morgan fingerprint density at radius 3 is 1.95 bits per heavy atom. The van der Waals surface area contributed by atoms with Crippen LogP contribution < -0.4 is 0 Å². The predicted octanol–water partition coefficient (Wildman–Crippen LogP) is 9.85. The molecule has 0 amide bonds. The van der Waals surface area contributed by atoms with E-state index in [1.54, 1.807) is 18.2 Å². The third-order valence-corrected chi connectivity index (χ3v) is 6.71. The molecule has 0 aliphatic heterocycles. The molecule has 0 aliphatic rings. The highest BCUT2D eigenvalue weighted by molar-refractivity contribution is 5.88. The van der Waals surface area contributed by atoms with E-state index in [0.717, 1.165) is 17.5 Å². The van der Waals surface area contributed by atoms with E-state index in [2.05, 4.69) is 31.2 Å². The summed E-state index contributed by atoms with van der Waals surface area (Å²) in [5.74, 6) is -3.78. The van der Waals surface area contributed by atoms with E-state index in [0.29, 0.717) is 28.5 Å². The number of aryl methyl sites for hydroxylation is 3. The van der Waals surface area contributed by atoms with Crippen LogP contribution in [-0.4, -0.2) is 0 Å². The van der Waals surface area contributed by atoms with Gasteiger partial charge in [0.2, 0.25) is 0 Å². The van der Waals surface area contributed by atoms with Crippen LogP contribution >= 0.6 is 0 Å². The van der Waals surface area contributed by atoms with Crippen molar-refractivity contribution in [2.45, 2.75) is 58.0 Å². The first-order valence-corrected chi connectivity index (χ1v) is 12.5. The summed E-state index contributed by atoms with van der Waals surface area (Å²) < 4.78 is 81.3. The maximum atomic E-state index is 15.2. The second kappa shape index (κ2) is 11.4. The van der Waals surface area contributed by atoms with Gasteiger partial charge in [-0.1, -0.05) is 74.7 Å². The number of hydrogen-bond acceptors (Lipinski definition) is 0. The number of benzene rings is 4. The van der Waals surface area contributed by atoms with E-state index in [1.165, 1.54) is 31.2 Å². The lowest BCUT2D eigenvalue weighted by molar-refractivity contribution is -0.142. The summed E-state index contributed by atoms with van der Waals surface area (Å²) in [4.78, 5) is 0. The lowest BCUT2D eigenvalue weighted by Gasteiger charge is -2.12. The summed E-state index contributed by atoms with van der Waals surface area (Å²) in [6.07, 6.45) is 0.888. The van der Waals surface area contributed by atoms with Crippen LogP contribution in [0.1, 0.15) is 54.9 Å². The molecule has 6 heteroatoms. The van der Waals surface area contributed by atoms with Crippen molar-refractivity contribution in [3.05, 3.63) is 106 Å². The van der Waals surface area contributed by atoms with Crippen LogP contribution in [0.15, 0.2) is 66.7 Å². The fourth-order valence-electron chi connectivity index (χ4n) is 4.65. The maximum Gasteiger partial charge on any atom is 0.422 e. The monoisotopic (exact) mass is 514 g/mol. The van der Waals surface area contributed by atoms with Crippen molar-refractivity contribution in [3.63, 3.8) is 0 Å². The number of hydrogen-bond donors (Lipinski definition) is 0. The third kappa shape index (κ3) is 6.35. The van der Waals surface area contributed by atoms with Crippen LogP contribution in [0.5, 0.6) is 0 Å². The Labute approximate surface area is 213 Å². The Morgan fingerprint density at radius 2 is 1.30 bits per heavy atom. The topological polar surface area (TPSA) is 0 Å². The highest BCUT2D eigenvalue weighted by atomic mass is 19.4. The van der Waals surface area contributed by atoms with Crippen LogP contribution in [0.4, 0.5) is 26.3 Å². The summed E-state index contributed by atoms with van der Waals surface area (Å²) in [5.41, 5.74) is 1.75. The summed E-state index contributed by atoms with van der Waals surface area (Å²) in [5, 5.41) is 1.13. The predicted molar refractivity (Wildman–Crippen MR) is 136 cm³/mol. The zero-order valence-corrected chi connectivity index (χ0v) is 20.6. The molecule has 0 atom stereocenters. The van der Waals surface area contributed by atoms with Crippen LogP contribution in [0.25, 0.3) is 21.9 Å². The molecule has 0 bridgehead atoms. The van der Waals surface area contributed by atoms with Crippen LogP contribution in [0.3, 0.4) is 0 Å². The van der Waals surface area contributed by atoms with Crippen molar-refractivity contribution in [2.24, 2.45) is 0 Å². The second-order valence-electron chi connectivity index (χ2n) is 9.41. The van der Waals surface area contributed by atoms with Crippen molar-refractivity contribution in [3.8, 4) is 11.1 Å². The highest BCUT2D eigenvalue weighted by Gasteiger charge is 2.37. The first-order chi connectivity index (χ1) is 17.7. The van der Waals surface area contributed by atoms with Gasteiger partial charge in [-0.3, -0.25) is 0 Å². The number of fused-ring (bicyclic) bond motifs is 1. The molecule has 0 radical (unpaired) electrons. The SMILES string of the molecule is CCCCCCc1ccc(-c2ccc3c(F)c(CCc4cc(F)c(C(F)(F)F)c(F)c4)ccc3c2)cc1. The molecule has 0 heterocycles. The Bertz CT molecular complexity index is 1350. The first kappa shape index (κ1) is 26.8. The van der Waals surface area contributed by atoms with Crippen LogP contribution in [-0.2, 0) is 25.4 Å². The molecule has 0 spiro atoms. The fraction of sp³-hybridized carbons (Fsp3) is 0.290. The molecule has 0 unspecified atom stereocenters. The highest BCUT2D eigenvalue weighted by Crippen LogP contribution is 2.34. The van der Waals surface area contributed by atoms with Crippen molar-refractivity contribution in [2.75, 3.05) is 0 Å². The minimum atomic E-state index is -5.12. The van der Waals surface area contributed by atoms with E-state index >= 15 is 4.39 Å². The Hall–Kier alpha value is -3.28. The second-order valence-corrected chi connectivity index (χ2v) is 9.41. The lowest BCUT2D eigenvalue weighted by Crippen LogP contribution is -2.12. The Kier molecular flexibility index (Phi) is 8.25. The van der Waals surface area contributed by atoms with Gasteiger partial charge in [-0.25, -0.2) is 13.2 Å². The Morgan fingerprint density at radius 1 is 0.622 bits per heavy atom. The maximum absolute atomic E-state index is 15.2. The third-order valence-electron chi connectivity index (χ3n) is 6.71. The van der Waals surface area contributed by atoms with Gasteiger partial charge in [0.15, 0.2) is 0 Å². The largest absolute Gasteiger partial charge is 0.422 e. The van der Waals surface area contributed by atoms with Gasteiger partial charge in [-0.2, -0.15) is 13.2 Å². The van der Waals surface area contributed by atoms with E-state index < -0.39 is 29.2 Å².